The van der Waals surface area contributed by atoms with Gasteiger partial charge in [-0.05, 0) is 29.9 Å². The number of pyridine rings is 2. The smallest absolute Gasteiger partial charge is 0.341 e. The molecule has 0 bridgehead atoms. The largest absolute Gasteiger partial charge is 0.505 e. The summed E-state index contributed by atoms with van der Waals surface area (Å²) in [5.74, 6) is -1.24. The lowest BCUT2D eigenvalue weighted by molar-refractivity contribution is 0.0693. The standard InChI is InChI=1S/C18H17ClN2O4/c1-18(2)4-3-8-9-5-13(23)16(19)20-14(9)11-6-12(22)10(17(24)25)7-21(11)15(8)18/h5-8,15,23H,3-4H2,1-2H3,(H,24,25)/t8-,15+/m1/s1. The summed E-state index contributed by atoms with van der Waals surface area (Å²) in [5.41, 5.74) is 1.04. The molecule has 0 amide bonds. The first-order chi connectivity index (χ1) is 11.7. The molecule has 0 radical (unpaired) electrons. The van der Waals surface area contributed by atoms with Gasteiger partial charge in [-0.2, -0.15) is 0 Å². The molecule has 7 heteroatoms. The van der Waals surface area contributed by atoms with Crippen LogP contribution in [-0.4, -0.2) is 25.7 Å². The van der Waals surface area contributed by atoms with Gasteiger partial charge in [0, 0.05) is 24.2 Å². The van der Waals surface area contributed by atoms with Gasteiger partial charge in [0.15, 0.2) is 16.3 Å². The van der Waals surface area contributed by atoms with E-state index in [1.54, 1.807) is 6.07 Å². The second-order valence-electron chi connectivity index (χ2n) is 7.46. The second-order valence-corrected chi connectivity index (χ2v) is 7.82. The zero-order valence-corrected chi connectivity index (χ0v) is 14.5. The van der Waals surface area contributed by atoms with Crippen molar-refractivity contribution in [3.05, 3.63) is 44.8 Å². The van der Waals surface area contributed by atoms with Gasteiger partial charge in [0.25, 0.3) is 0 Å². The highest BCUT2D eigenvalue weighted by Gasteiger charge is 2.48. The first-order valence-corrected chi connectivity index (χ1v) is 8.48. The van der Waals surface area contributed by atoms with Gasteiger partial charge in [0.1, 0.15) is 5.56 Å². The molecular weight excluding hydrogens is 344 g/mol. The zero-order chi connectivity index (χ0) is 18.1. The first-order valence-electron chi connectivity index (χ1n) is 8.10. The summed E-state index contributed by atoms with van der Waals surface area (Å²) in [6, 6.07) is 2.92. The van der Waals surface area contributed by atoms with Gasteiger partial charge >= 0.3 is 5.97 Å². The van der Waals surface area contributed by atoms with E-state index in [1.165, 1.54) is 12.3 Å². The van der Waals surface area contributed by atoms with E-state index in [0.29, 0.717) is 11.4 Å². The number of rotatable bonds is 1. The molecule has 1 fully saturated rings. The maximum absolute atomic E-state index is 12.2. The van der Waals surface area contributed by atoms with Crippen LogP contribution >= 0.6 is 11.6 Å². The number of hydrogen-bond donors (Lipinski definition) is 2. The van der Waals surface area contributed by atoms with E-state index >= 15 is 0 Å². The van der Waals surface area contributed by atoms with Gasteiger partial charge in [-0.25, -0.2) is 9.78 Å². The molecule has 130 valence electrons. The van der Waals surface area contributed by atoms with Crippen LogP contribution in [0.15, 0.2) is 23.1 Å². The third-order valence-corrected chi connectivity index (χ3v) is 5.80. The number of aromatic nitrogens is 2. The SMILES string of the molecule is CC1(C)CC[C@@H]2c3cc(O)c(Cl)nc3-c3cc(=O)c(C(=O)O)cn3[C@@H]21. The van der Waals surface area contributed by atoms with Crippen LogP contribution in [0.5, 0.6) is 5.75 Å². The van der Waals surface area contributed by atoms with Crippen molar-refractivity contribution in [1.29, 1.82) is 0 Å². The van der Waals surface area contributed by atoms with Crippen molar-refractivity contribution < 1.29 is 15.0 Å². The van der Waals surface area contributed by atoms with Crippen molar-refractivity contribution in [2.45, 2.75) is 38.6 Å². The van der Waals surface area contributed by atoms with Gasteiger partial charge < -0.3 is 14.8 Å². The number of carbonyl (C=O) groups is 1. The molecule has 0 spiro atoms. The molecule has 2 atom stereocenters. The van der Waals surface area contributed by atoms with Crippen molar-refractivity contribution in [3.8, 4) is 17.1 Å². The van der Waals surface area contributed by atoms with Crippen LogP contribution in [0, 0.1) is 5.41 Å². The Morgan fingerprint density at radius 3 is 2.80 bits per heavy atom. The maximum atomic E-state index is 12.2. The van der Waals surface area contributed by atoms with Gasteiger partial charge in [0.05, 0.1) is 11.4 Å². The average Bonchev–Trinajstić information content (AvgIpc) is 2.84. The Balaban J connectivity index is 2.09. The van der Waals surface area contributed by atoms with E-state index in [9.17, 15) is 19.8 Å². The van der Waals surface area contributed by atoms with E-state index < -0.39 is 11.4 Å². The number of halogens is 1. The Hall–Kier alpha value is -2.34. The Kier molecular flexibility index (Phi) is 3.28. The van der Waals surface area contributed by atoms with Crippen molar-refractivity contribution in [3.63, 3.8) is 0 Å². The van der Waals surface area contributed by atoms with Crippen LogP contribution in [0.2, 0.25) is 5.15 Å². The predicted molar refractivity (Wildman–Crippen MR) is 92.4 cm³/mol. The fourth-order valence-electron chi connectivity index (χ4n) is 4.39. The third-order valence-electron chi connectivity index (χ3n) is 5.52. The molecule has 0 aromatic carbocycles. The van der Waals surface area contributed by atoms with Crippen LogP contribution in [0.1, 0.15) is 54.6 Å². The molecule has 0 unspecified atom stereocenters. The maximum Gasteiger partial charge on any atom is 0.341 e. The fourth-order valence-corrected chi connectivity index (χ4v) is 4.53. The zero-order valence-electron chi connectivity index (χ0n) is 13.8. The van der Waals surface area contributed by atoms with Crippen molar-refractivity contribution in [2.24, 2.45) is 5.41 Å². The third kappa shape index (κ3) is 2.20. The van der Waals surface area contributed by atoms with Crippen LogP contribution in [0.4, 0.5) is 0 Å². The second kappa shape index (κ2) is 5.08. The van der Waals surface area contributed by atoms with Gasteiger partial charge in [-0.15, -0.1) is 0 Å². The summed E-state index contributed by atoms with van der Waals surface area (Å²) in [6.07, 6.45) is 3.26. The Morgan fingerprint density at radius 1 is 1.40 bits per heavy atom. The van der Waals surface area contributed by atoms with E-state index in [1.807, 2.05) is 4.57 Å². The molecule has 4 rings (SSSR count). The van der Waals surface area contributed by atoms with Crippen molar-refractivity contribution in [1.82, 2.24) is 9.55 Å². The number of fused-ring (bicyclic) bond motifs is 6. The van der Waals surface area contributed by atoms with Crippen LogP contribution in [-0.2, 0) is 0 Å². The average molecular weight is 361 g/mol. The summed E-state index contributed by atoms with van der Waals surface area (Å²) in [5, 5.41) is 19.3. The minimum Gasteiger partial charge on any atom is -0.505 e. The van der Waals surface area contributed by atoms with E-state index in [0.717, 1.165) is 18.4 Å². The van der Waals surface area contributed by atoms with Crippen molar-refractivity contribution in [2.75, 3.05) is 0 Å². The summed E-state index contributed by atoms with van der Waals surface area (Å²) in [4.78, 5) is 28.0. The molecule has 2 aliphatic rings. The van der Waals surface area contributed by atoms with Crippen LogP contribution in [0.25, 0.3) is 11.4 Å². The molecule has 1 aliphatic carbocycles. The molecule has 25 heavy (non-hydrogen) atoms. The molecule has 0 saturated heterocycles. The monoisotopic (exact) mass is 360 g/mol. The fraction of sp³-hybridized carbons (Fsp3) is 0.389. The van der Waals surface area contributed by atoms with E-state index in [2.05, 4.69) is 18.8 Å². The highest BCUT2D eigenvalue weighted by atomic mass is 35.5. The minimum absolute atomic E-state index is 0.0175. The van der Waals surface area contributed by atoms with E-state index in [4.69, 9.17) is 11.6 Å². The summed E-state index contributed by atoms with van der Waals surface area (Å²) < 4.78 is 1.87. The Labute approximate surface area is 148 Å². The molecule has 1 aliphatic heterocycles. The quantitative estimate of drug-likeness (QED) is 0.760. The highest BCUT2D eigenvalue weighted by molar-refractivity contribution is 6.30. The first kappa shape index (κ1) is 16.1. The van der Waals surface area contributed by atoms with Gasteiger partial charge in [-0.1, -0.05) is 25.4 Å². The van der Waals surface area contributed by atoms with Crippen molar-refractivity contribution >= 4 is 17.6 Å². The minimum atomic E-state index is -1.24. The molecule has 2 N–H and O–H groups in total. The summed E-state index contributed by atoms with van der Waals surface area (Å²) in [7, 11) is 0. The lowest BCUT2D eigenvalue weighted by Gasteiger charge is -2.39. The number of aromatic hydroxyl groups is 1. The van der Waals surface area contributed by atoms with Crippen LogP contribution < -0.4 is 5.43 Å². The normalized spacial score (nSPS) is 22.8. The van der Waals surface area contributed by atoms with Gasteiger partial charge in [0.2, 0.25) is 0 Å². The number of carboxylic acid groups (broad SMARTS) is 1. The molecule has 1 saturated carbocycles. The topological polar surface area (TPSA) is 92.4 Å². The molecule has 2 aromatic heterocycles. The lowest BCUT2D eigenvalue weighted by Crippen LogP contribution is -2.32. The Morgan fingerprint density at radius 2 is 2.12 bits per heavy atom. The molecular formula is C18H17ClN2O4. The van der Waals surface area contributed by atoms with Gasteiger partial charge in [-0.3, -0.25) is 4.79 Å². The summed E-state index contributed by atoms with van der Waals surface area (Å²) in [6.45, 7) is 4.27. The molecule has 6 nitrogen and oxygen atoms in total. The number of hydrogen-bond acceptors (Lipinski definition) is 4. The predicted octanol–water partition coefficient (Wildman–Crippen LogP) is 3.43. The lowest BCUT2D eigenvalue weighted by atomic mass is 9.79. The van der Waals surface area contributed by atoms with Crippen LogP contribution in [0.3, 0.4) is 0 Å². The number of aromatic carboxylic acids is 1. The van der Waals surface area contributed by atoms with E-state index in [-0.39, 0.29) is 33.8 Å². The molecule has 2 aromatic rings. The number of nitrogens with zero attached hydrogens (tertiary/aromatic N) is 2. The highest BCUT2D eigenvalue weighted by Crippen LogP contribution is 2.58. The number of carboxylic acids is 1. The summed E-state index contributed by atoms with van der Waals surface area (Å²) >= 11 is 5.99. The molecule has 3 heterocycles. The Bertz CT molecular complexity index is 980.